The first kappa shape index (κ1) is 12.1. The number of hydrazine groups is 1. The summed E-state index contributed by atoms with van der Waals surface area (Å²) in [7, 11) is 3.11. The van der Waals surface area contributed by atoms with Crippen molar-refractivity contribution in [3.63, 3.8) is 0 Å². The van der Waals surface area contributed by atoms with Gasteiger partial charge in [-0.1, -0.05) is 12.8 Å². The van der Waals surface area contributed by atoms with E-state index in [1.54, 1.807) is 20.4 Å². The molecule has 94 valence electrons. The molecular weight excluding hydrogens is 220 g/mol. The van der Waals surface area contributed by atoms with Crippen LogP contribution in [0, 0.1) is 5.92 Å². The monoisotopic (exact) mass is 238 g/mol. The van der Waals surface area contributed by atoms with Crippen LogP contribution >= 0.6 is 0 Å². The average Bonchev–Trinajstić information content (AvgIpc) is 3.19. The number of nitrogens with one attached hydrogen (secondary N) is 1. The molecule has 1 aromatic rings. The van der Waals surface area contributed by atoms with E-state index in [0.29, 0.717) is 11.8 Å². The predicted molar refractivity (Wildman–Crippen MR) is 62.5 cm³/mol. The van der Waals surface area contributed by atoms with Gasteiger partial charge < -0.3 is 9.47 Å². The molecule has 0 aliphatic heterocycles. The number of nitrogens with two attached hydrogens (primary N) is 1. The molecule has 1 heterocycles. The number of rotatable bonds is 6. The van der Waals surface area contributed by atoms with Crippen molar-refractivity contribution in [2.75, 3.05) is 14.2 Å². The Morgan fingerprint density at radius 3 is 2.76 bits per heavy atom. The van der Waals surface area contributed by atoms with Gasteiger partial charge in [-0.2, -0.15) is 4.98 Å². The Bertz CT molecular complexity index is 382. The summed E-state index contributed by atoms with van der Waals surface area (Å²) in [6.45, 7) is 0. The number of methoxy groups -OCH3 is 2. The Hall–Kier alpha value is -1.40. The van der Waals surface area contributed by atoms with Crippen LogP contribution in [0.15, 0.2) is 6.20 Å². The van der Waals surface area contributed by atoms with E-state index >= 15 is 0 Å². The van der Waals surface area contributed by atoms with Crippen LogP contribution < -0.4 is 20.7 Å². The zero-order chi connectivity index (χ0) is 12.3. The predicted octanol–water partition coefficient (Wildman–Crippen LogP) is 0.798. The molecule has 1 aliphatic rings. The van der Waals surface area contributed by atoms with Gasteiger partial charge in [0.05, 0.1) is 26.5 Å². The summed E-state index contributed by atoms with van der Waals surface area (Å²) in [5.74, 6) is 7.21. The van der Waals surface area contributed by atoms with Gasteiger partial charge >= 0.3 is 0 Å². The van der Waals surface area contributed by atoms with Crippen molar-refractivity contribution >= 4 is 0 Å². The van der Waals surface area contributed by atoms with E-state index in [1.165, 1.54) is 12.8 Å². The first-order valence-electron chi connectivity index (χ1n) is 5.69. The lowest BCUT2D eigenvalue weighted by Gasteiger charge is -2.17. The summed E-state index contributed by atoms with van der Waals surface area (Å²) in [5.41, 5.74) is 3.52. The Labute approximate surface area is 101 Å². The lowest BCUT2D eigenvalue weighted by Crippen LogP contribution is -2.29. The quantitative estimate of drug-likeness (QED) is 0.563. The molecule has 0 aromatic carbocycles. The molecule has 0 bridgehead atoms. The van der Waals surface area contributed by atoms with Crippen molar-refractivity contribution in [1.29, 1.82) is 0 Å². The van der Waals surface area contributed by atoms with Crippen LogP contribution in [-0.2, 0) is 0 Å². The molecular formula is C11H18N4O2. The third-order valence-corrected chi connectivity index (χ3v) is 2.94. The fourth-order valence-electron chi connectivity index (χ4n) is 1.80. The third kappa shape index (κ3) is 2.83. The summed E-state index contributed by atoms with van der Waals surface area (Å²) in [6, 6.07) is -0.0177. The highest BCUT2D eigenvalue weighted by molar-refractivity contribution is 5.25. The Kier molecular flexibility index (Phi) is 3.75. The second-order valence-electron chi connectivity index (χ2n) is 4.21. The SMILES string of the molecule is COc1cnc(C(CC2CC2)NN)c(OC)n1. The lowest BCUT2D eigenvalue weighted by molar-refractivity contribution is 0.345. The van der Waals surface area contributed by atoms with Gasteiger partial charge in [0.25, 0.3) is 0 Å². The van der Waals surface area contributed by atoms with Gasteiger partial charge in [0.15, 0.2) is 0 Å². The minimum Gasteiger partial charge on any atom is -0.480 e. The third-order valence-electron chi connectivity index (χ3n) is 2.94. The largest absolute Gasteiger partial charge is 0.480 e. The van der Waals surface area contributed by atoms with Crippen molar-refractivity contribution in [2.45, 2.75) is 25.3 Å². The van der Waals surface area contributed by atoms with Crippen LogP contribution in [0.25, 0.3) is 0 Å². The number of ether oxygens (including phenoxy) is 2. The van der Waals surface area contributed by atoms with Crippen molar-refractivity contribution < 1.29 is 9.47 Å². The van der Waals surface area contributed by atoms with Crippen LogP contribution in [0.5, 0.6) is 11.8 Å². The van der Waals surface area contributed by atoms with Crippen molar-refractivity contribution in [1.82, 2.24) is 15.4 Å². The molecule has 1 atom stereocenters. The molecule has 2 rings (SSSR count). The molecule has 3 N–H and O–H groups in total. The number of hydrogen-bond donors (Lipinski definition) is 2. The highest BCUT2D eigenvalue weighted by Gasteiger charge is 2.28. The minimum absolute atomic E-state index is 0.0177. The van der Waals surface area contributed by atoms with E-state index in [4.69, 9.17) is 15.3 Å². The summed E-state index contributed by atoms with van der Waals surface area (Å²) >= 11 is 0. The van der Waals surface area contributed by atoms with Crippen LogP contribution in [0.4, 0.5) is 0 Å². The van der Waals surface area contributed by atoms with E-state index in [1.807, 2.05) is 0 Å². The fourth-order valence-corrected chi connectivity index (χ4v) is 1.80. The van der Waals surface area contributed by atoms with Crippen LogP contribution in [-0.4, -0.2) is 24.2 Å². The molecule has 1 saturated carbocycles. The van der Waals surface area contributed by atoms with Gasteiger partial charge in [-0.3, -0.25) is 11.3 Å². The maximum atomic E-state index is 5.57. The molecule has 0 radical (unpaired) electrons. The highest BCUT2D eigenvalue weighted by atomic mass is 16.5. The van der Waals surface area contributed by atoms with Crippen molar-refractivity contribution in [3.8, 4) is 11.8 Å². The van der Waals surface area contributed by atoms with Crippen molar-refractivity contribution in [2.24, 2.45) is 11.8 Å². The molecule has 17 heavy (non-hydrogen) atoms. The van der Waals surface area contributed by atoms with E-state index in [-0.39, 0.29) is 6.04 Å². The first-order valence-corrected chi connectivity index (χ1v) is 5.69. The van der Waals surface area contributed by atoms with Gasteiger partial charge in [-0.05, 0) is 12.3 Å². The first-order chi connectivity index (χ1) is 8.28. The zero-order valence-corrected chi connectivity index (χ0v) is 10.1. The Morgan fingerprint density at radius 1 is 1.47 bits per heavy atom. The zero-order valence-electron chi connectivity index (χ0n) is 10.1. The van der Waals surface area contributed by atoms with E-state index in [9.17, 15) is 0 Å². The molecule has 0 saturated heterocycles. The second kappa shape index (κ2) is 5.29. The molecule has 1 aromatic heterocycles. The summed E-state index contributed by atoms with van der Waals surface area (Å²) in [6.07, 6.45) is 5.08. The molecule has 6 nitrogen and oxygen atoms in total. The number of hydrogen-bond acceptors (Lipinski definition) is 6. The van der Waals surface area contributed by atoms with Gasteiger partial charge in [0.2, 0.25) is 11.8 Å². The van der Waals surface area contributed by atoms with E-state index in [2.05, 4.69) is 15.4 Å². The lowest BCUT2D eigenvalue weighted by atomic mass is 10.1. The normalized spacial score (nSPS) is 16.6. The summed E-state index contributed by atoms with van der Waals surface area (Å²) in [4.78, 5) is 8.52. The van der Waals surface area contributed by atoms with Gasteiger partial charge in [0, 0.05) is 0 Å². The second-order valence-corrected chi connectivity index (χ2v) is 4.21. The van der Waals surface area contributed by atoms with Crippen LogP contribution in [0.2, 0.25) is 0 Å². The molecule has 0 amide bonds. The molecule has 6 heteroatoms. The van der Waals surface area contributed by atoms with E-state index in [0.717, 1.165) is 18.0 Å². The maximum Gasteiger partial charge on any atom is 0.240 e. The smallest absolute Gasteiger partial charge is 0.240 e. The maximum absolute atomic E-state index is 5.57. The van der Waals surface area contributed by atoms with Gasteiger partial charge in [-0.25, -0.2) is 4.98 Å². The average molecular weight is 238 g/mol. The molecule has 1 unspecified atom stereocenters. The topological polar surface area (TPSA) is 82.3 Å². The minimum atomic E-state index is -0.0177. The van der Waals surface area contributed by atoms with Crippen LogP contribution in [0.3, 0.4) is 0 Å². The standard InChI is InChI=1S/C11H18N4O2/c1-16-9-6-13-10(11(14-9)17-2)8(15-12)5-7-3-4-7/h6-8,15H,3-5,12H2,1-2H3. The number of nitrogens with zero attached hydrogens (tertiary/aromatic N) is 2. The Morgan fingerprint density at radius 2 is 2.24 bits per heavy atom. The molecule has 1 aliphatic carbocycles. The number of aromatic nitrogens is 2. The molecule has 1 fully saturated rings. The summed E-state index contributed by atoms with van der Waals surface area (Å²) < 4.78 is 10.2. The van der Waals surface area contributed by atoms with Crippen LogP contribution in [0.1, 0.15) is 31.0 Å². The van der Waals surface area contributed by atoms with E-state index < -0.39 is 0 Å². The summed E-state index contributed by atoms with van der Waals surface area (Å²) in [5, 5.41) is 0. The highest BCUT2D eigenvalue weighted by Crippen LogP contribution is 2.38. The Balaban J connectivity index is 2.21. The van der Waals surface area contributed by atoms with Crippen molar-refractivity contribution in [3.05, 3.63) is 11.9 Å². The molecule has 0 spiro atoms. The fraction of sp³-hybridized carbons (Fsp3) is 0.636. The van der Waals surface area contributed by atoms with Gasteiger partial charge in [0.1, 0.15) is 5.69 Å². The van der Waals surface area contributed by atoms with Gasteiger partial charge in [-0.15, -0.1) is 0 Å².